The summed E-state index contributed by atoms with van der Waals surface area (Å²) in [5.41, 5.74) is 8.87. The van der Waals surface area contributed by atoms with E-state index in [1.165, 1.54) is 11.3 Å². The summed E-state index contributed by atoms with van der Waals surface area (Å²) in [5, 5.41) is 0. The quantitative estimate of drug-likeness (QED) is 0.293. The van der Waals surface area contributed by atoms with Crippen LogP contribution in [-0.2, 0) is 12.0 Å². The highest BCUT2D eigenvalue weighted by atomic mass is 15.3. The Kier molecular flexibility index (Phi) is 6.36. The molecule has 1 fully saturated rings. The predicted octanol–water partition coefficient (Wildman–Crippen LogP) is 6.57. The normalized spacial score (nSPS) is 16.9. The fraction of sp³-hybridized carbons (Fsp3) is 0.344. The molecule has 6 heteroatoms. The van der Waals surface area contributed by atoms with E-state index in [0.29, 0.717) is 6.04 Å². The van der Waals surface area contributed by atoms with Crippen molar-refractivity contribution in [2.24, 2.45) is 0 Å². The molecule has 0 aliphatic carbocycles. The first-order valence-corrected chi connectivity index (χ1v) is 13.7. The summed E-state index contributed by atoms with van der Waals surface area (Å²) in [7, 11) is 0. The number of nitrogens with zero attached hydrogens (tertiary/aromatic N) is 5. The molecule has 3 aromatic carbocycles. The van der Waals surface area contributed by atoms with Gasteiger partial charge in [0.25, 0.3) is 0 Å². The second kappa shape index (κ2) is 9.84. The molecule has 1 atom stereocenters. The van der Waals surface area contributed by atoms with Crippen LogP contribution in [0, 0.1) is 0 Å². The van der Waals surface area contributed by atoms with Gasteiger partial charge in [-0.3, -0.25) is 9.88 Å². The van der Waals surface area contributed by atoms with Crippen LogP contribution in [0.2, 0.25) is 0 Å². The van der Waals surface area contributed by atoms with Crippen molar-refractivity contribution in [3.8, 4) is 11.4 Å². The predicted molar refractivity (Wildman–Crippen MR) is 156 cm³/mol. The van der Waals surface area contributed by atoms with Gasteiger partial charge in [-0.05, 0) is 41.7 Å². The van der Waals surface area contributed by atoms with E-state index < -0.39 is 0 Å². The molecule has 38 heavy (non-hydrogen) atoms. The number of imidazole rings is 1. The van der Waals surface area contributed by atoms with E-state index in [2.05, 4.69) is 89.9 Å². The Balaban J connectivity index is 1.22. The highest BCUT2D eigenvalue weighted by molar-refractivity contribution is 5.91. The summed E-state index contributed by atoms with van der Waals surface area (Å²) in [6.45, 7) is 12.7. The van der Waals surface area contributed by atoms with Gasteiger partial charge in [-0.15, -0.1) is 0 Å². The average molecular weight is 505 g/mol. The average Bonchev–Trinajstić information content (AvgIpc) is 3.37. The molecule has 2 aromatic heterocycles. The number of aromatic amines is 1. The number of H-pyrrole nitrogens is 1. The summed E-state index contributed by atoms with van der Waals surface area (Å²) in [5.74, 6) is 0.925. The fourth-order valence-corrected chi connectivity index (χ4v) is 5.52. The molecular weight excluding hydrogens is 468 g/mol. The largest absolute Gasteiger partial charge is 0.367 e. The maximum Gasteiger partial charge on any atom is 0.138 e. The van der Waals surface area contributed by atoms with Crippen LogP contribution in [0.15, 0.2) is 72.9 Å². The number of fused-ring (bicyclic) bond motifs is 2. The lowest BCUT2D eigenvalue weighted by Gasteiger charge is -2.42. The lowest BCUT2D eigenvalue weighted by atomic mass is 9.87. The Morgan fingerprint density at radius 3 is 2.45 bits per heavy atom. The number of benzene rings is 3. The Morgan fingerprint density at radius 1 is 0.895 bits per heavy atom. The van der Waals surface area contributed by atoms with Gasteiger partial charge in [-0.1, -0.05) is 70.2 Å². The van der Waals surface area contributed by atoms with Gasteiger partial charge in [0.2, 0.25) is 0 Å². The zero-order valence-corrected chi connectivity index (χ0v) is 22.8. The monoisotopic (exact) mass is 504 g/mol. The number of piperazine rings is 1. The van der Waals surface area contributed by atoms with Gasteiger partial charge in [-0.25, -0.2) is 9.97 Å². The molecule has 3 heterocycles. The number of anilines is 1. The molecular formula is C32H36N6. The van der Waals surface area contributed by atoms with Gasteiger partial charge in [0.15, 0.2) is 0 Å². The Hall–Kier alpha value is -3.77. The SMILES string of the molecule is CC[C@H]1CN(c2cccc3[nH]c(-c4ccc(C(C)(C)C)cc4)nc23)CCN1Cc1cnc2ccccc2n1. The van der Waals surface area contributed by atoms with Crippen molar-refractivity contribution in [3.63, 3.8) is 0 Å². The van der Waals surface area contributed by atoms with Gasteiger partial charge in [0.05, 0.1) is 34.1 Å². The summed E-state index contributed by atoms with van der Waals surface area (Å²) in [6, 6.07) is 23.8. The van der Waals surface area contributed by atoms with E-state index >= 15 is 0 Å². The van der Waals surface area contributed by atoms with Crippen molar-refractivity contribution in [2.45, 2.75) is 52.1 Å². The molecule has 5 aromatic rings. The fourth-order valence-electron chi connectivity index (χ4n) is 5.52. The molecule has 0 radical (unpaired) electrons. The lowest BCUT2D eigenvalue weighted by Crippen LogP contribution is -2.52. The molecule has 6 rings (SSSR count). The van der Waals surface area contributed by atoms with Crippen molar-refractivity contribution in [1.82, 2.24) is 24.8 Å². The van der Waals surface area contributed by atoms with E-state index in [4.69, 9.17) is 9.97 Å². The molecule has 0 spiro atoms. The van der Waals surface area contributed by atoms with Crippen LogP contribution in [0.3, 0.4) is 0 Å². The Bertz CT molecular complexity index is 1560. The highest BCUT2D eigenvalue weighted by Crippen LogP contribution is 2.31. The summed E-state index contributed by atoms with van der Waals surface area (Å²) in [4.78, 5) is 23.2. The van der Waals surface area contributed by atoms with E-state index in [-0.39, 0.29) is 5.41 Å². The van der Waals surface area contributed by atoms with Crippen molar-refractivity contribution >= 4 is 27.8 Å². The minimum Gasteiger partial charge on any atom is -0.367 e. The summed E-state index contributed by atoms with van der Waals surface area (Å²) < 4.78 is 0. The molecule has 0 bridgehead atoms. The van der Waals surface area contributed by atoms with Crippen LogP contribution in [0.5, 0.6) is 0 Å². The zero-order valence-electron chi connectivity index (χ0n) is 22.8. The molecule has 0 unspecified atom stereocenters. The van der Waals surface area contributed by atoms with E-state index in [9.17, 15) is 0 Å². The number of rotatable bonds is 5. The van der Waals surface area contributed by atoms with Crippen molar-refractivity contribution in [3.05, 3.63) is 84.2 Å². The molecule has 1 aliphatic heterocycles. The topological polar surface area (TPSA) is 60.9 Å². The van der Waals surface area contributed by atoms with Gasteiger partial charge in [0, 0.05) is 37.8 Å². The van der Waals surface area contributed by atoms with Crippen molar-refractivity contribution in [1.29, 1.82) is 0 Å². The summed E-state index contributed by atoms with van der Waals surface area (Å²) in [6.07, 6.45) is 3.01. The van der Waals surface area contributed by atoms with Crippen LogP contribution in [0.4, 0.5) is 5.69 Å². The maximum absolute atomic E-state index is 5.09. The molecule has 1 N–H and O–H groups in total. The van der Waals surface area contributed by atoms with Crippen molar-refractivity contribution < 1.29 is 0 Å². The smallest absolute Gasteiger partial charge is 0.138 e. The van der Waals surface area contributed by atoms with Crippen molar-refractivity contribution in [2.75, 3.05) is 24.5 Å². The lowest BCUT2D eigenvalue weighted by molar-refractivity contribution is 0.162. The van der Waals surface area contributed by atoms with Crippen LogP contribution >= 0.6 is 0 Å². The van der Waals surface area contributed by atoms with Crippen LogP contribution in [-0.4, -0.2) is 50.5 Å². The third-order valence-corrected chi connectivity index (χ3v) is 7.80. The molecule has 1 aliphatic rings. The maximum atomic E-state index is 5.09. The third-order valence-electron chi connectivity index (χ3n) is 7.80. The van der Waals surface area contributed by atoms with Gasteiger partial charge >= 0.3 is 0 Å². The molecule has 0 amide bonds. The van der Waals surface area contributed by atoms with Crippen LogP contribution in [0.25, 0.3) is 33.5 Å². The zero-order chi connectivity index (χ0) is 26.3. The second-order valence-corrected chi connectivity index (χ2v) is 11.4. The molecule has 1 saturated heterocycles. The number of para-hydroxylation sites is 3. The first kappa shape index (κ1) is 24.6. The number of hydrogen-bond acceptors (Lipinski definition) is 5. The van der Waals surface area contributed by atoms with Crippen LogP contribution < -0.4 is 4.90 Å². The number of nitrogens with one attached hydrogen (secondary N) is 1. The summed E-state index contributed by atoms with van der Waals surface area (Å²) >= 11 is 0. The van der Waals surface area contributed by atoms with E-state index in [0.717, 1.165) is 71.7 Å². The minimum atomic E-state index is 0.137. The molecule has 6 nitrogen and oxygen atoms in total. The highest BCUT2D eigenvalue weighted by Gasteiger charge is 2.28. The standard InChI is InChI=1S/C32H36N6/c1-5-25-21-38(18-17-37(25)20-24-19-33-26-9-6-7-10-27(26)34-24)29-12-8-11-28-30(29)36-31(35-28)22-13-15-23(16-14-22)32(2,3)4/h6-16,19,25H,5,17-18,20-21H2,1-4H3,(H,35,36)/t25-/m0/s1. The Morgan fingerprint density at radius 2 is 1.68 bits per heavy atom. The second-order valence-electron chi connectivity index (χ2n) is 11.4. The van der Waals surface area contributed by atoms with Gasteiger partial charge in [0.1, 0.15) is 11.3 Å². The first-order valence-electron chi connectivity index (χ1n) is 13.7. The van der Waals surface area contributed by atoms with Gasteiger partial charge < -0.3 is 9.88 Å². The number of hydrogen-bond donors (Lipinski definition) is 1. The van der Waals surface area contributed by atoms with Crippen LogP contribution in [0.1, 0.15) is 45.4 Å². The number of aromatic nitrogens is 4. The Labute approximate surface area is 224 Å². The van der Waals surface area contributed by atoms with Gasteiger partial charge in [-0.2, -0.15) is 0 Å². The minimum absolute atomic E-state index is 0.137. The first-order chi connectivity index (χ1) is 18.4. The van der Waals surface area contributed by atoms with E-state index in [1.807, 2.05) is 30.5 Å². The third kappa shape index (κ3) is 4.76. The molecule has 194 valence electrons. The molecule has 0 saturated carbocycles. The van der Waals surface area contributed by atoms with E-state index in [1.54, 1.807) is 0 Å².